The predicted molar refractivity (Wildman–Crippen MR) is 68.5 cm³/mol. The van der Waals surface area contributed by atoms with Crippen LogP contribution in [-0.2, 0) is 13.6 Å². The summed E-state index contributed by atoms with van der Waals surface area (Å²) in [5.74, 6) is -0.0485. The van der Waals surface area contributed by atoms with Gasteiger partial charge in [0, 0.05) is 32.1 Å². The van der Waals surface area contributed by atoms with Gasteiger partial charge in [-0.15, -0.1) is 0 Å². The summed E-state index contributed by atoms with van der Waals surface area (Å²) in [5.41, 5.74) is 1.82. The Kier molecular flexibility index (Phi) is 4.16. The summed E-state index contributed by atoms with van der Waals surface area (Å²) in [6, 6.07) is 5.00. The molecular weight excluding hydrogens is 271 g/mol. The lowest BCUT2D eigenvalue weighted by atomic mass is 10.3. The van der Waals surface area contributed by atoms with E-state index in [0.717, 1.165) is 5.56 Å². The number of nitrogens with zero attached hydrogens (tertiary/aromatic N) is 2. The minimum absolute atomic E-state index is 0.0485. The predicted octanol–water partition coefficient (Wildman–Crippen LogP) is 2.97. The zero-order valence-corrected chi connectivity index (χ0v) is 10.8. The summed E-state index contributed by atoms with van der Waals surface area (Å²) < 4.78 is 42.3. The Balaban J connectivity index is 1.85. The molecule has 2 aromatic heterocycles. The van der Waals surface area contributed by atoms with Crippen molar-refractivity contribution in [1.29, 1.82) is 0 Å². The zero-order chi connectivity index (χ0) is 14.6. The van der Waals surface area contributed by atoms with Gasteiger partial charge in [0.2, 0.25) is 5.88 Å². The number of nitrogens with one attached hydrogen (secondary N) is 1. The monoisotopic (exact) mass is 285 g/mol. The van der Waals surface area contributed by atoms with Crippen molar-refractivity contribution < 1.29 is 17.9 Å². The molecule has 2 heterocycles. The Hall–Kier alpha value is -2.18. The quantitative estimate of drug-likeness (QED) is 0.918. The number of ether oxygens (including phenoxy) is 1. The molecule has 1 N–H and O–H groups in total. The topological polar surface area (TPSA) is 39.1 Å². The van der Waals surface area contributed by atoms with E-state index < -0.39 is 12.8 Å². The highest BCUT2D eigenvalue weighted by Crippen LogP contribution is 2.18. The average molecular weight is 285 g/mol. The zero-order valence-electron chi connectivity index (χ0n) is 10.8. The molecule has 2 aromatic rings. The first-order valence-corrected chi connectivity index (χ1v) is 5.93. The van der Waals surface area contributed by atoms with Gasteiger partial charge < -0.3 is 14.6 Å². The van der Waals surface area contributed by atoms with Crippen molar-refractivity contribution >= 4 is 5.69 Å². The Labute approximate surface area is 114 Å². The molecule has 0 radical (unpaired) electrons. The molecule has 0 spiro atoms. The fourth-order valence-electron chi connectivity index (χ4n) is 1.60. The number of halogens is 3. The van der Waals surface area contributed by atoms with Crippen LogP contribution in [-0.4, -0.2) is 22.3 Å². The van der Waals surface area contributed by atoms with Crippen LogP contribution in [0.25, 0.3) is 0 Å². The van der Waals surface area contributed by atoms with Crippen molar-refractivity contribution in [1.82, 2.24) is 9.55 Å². The molecule has 0 fully saturated rings. The number of anilines is 1. The van der Waals surface area contributed by atoms with Crippen LogP contribution in [0.1, 0.15) is 5.56 Å². The SMILES string of the molecule is Cn1ccc(CNc2ccc(OCC(F)(F)F)nc2)c1. The summed E-state index contributed by atoms with van der Waals surface area (Å²) in [5, 5.41) is 3.12. The van der Waals surface area contributed by atoms with E-state index in [1.165, 1.54) is 12.3 Å². The lowest BCUT2D eigenvalue weighted by Gasteiger charge is -2.09. The van der Waals surface area contributed by atoms with Crippen LogP contribution in [0.5, 0.6) is 5.88 Å². The second kappa shape index (κ2) is 5.85. The second-order valence-electron chi connectivity index (χ2n) is 4.33. The van der Waals surface area contributed by atoms with Crippen LogP contribution >= 0.6 is 0 Å². The molecule has 20 heavy (non-hydrogen) atoms. The van der Waals surface area contributed by atoms with Crippen molar-refractivity contribution in [3.05, 3.63) is 42.4 Å². The van der Waals surface area contributed by atoms with Crippen molar-refractivity contribution in [2.24, 2.45) is 7.05 Å². The number of hydrogen-bond acceptors (Lipinski definition) is 3. The highest BCUT2D eigenvalue weighted by Gasteiger charge is 2.28. The van der Waals surface area contributed by atoms with Gasteiger partial charge in [0.1, 0.15) is 0 Å². The van der Waals surface area contributed by atoms with E-state index in [2.05, 4.69) is 15.0 Å². The minimum Gasteiger partial charge on any atom is -0.468 e. The van der Waals surface area contributed by atoms with Crippen LogP contribution in [0, 0.1) is 0 Å². The van der Waals surface area contributed by atoms with E-state index >= 15 is 0 Å². The number of aryl methyl sites for hydroxylation is 1. The molecule has 0 atom stereocenters. The van der Waals surface area contributed by atoms with Crippen LogP contribution in [0.4, 0.5) is 18.9 Å². The van der Waals surface area contributed by atoms with Gasteiger partial charge in [0.05, 0.1) is 11.9 Å². The molecular formula is C13H14F3N3O. The smallest absolute Gasteiger partial charge is 0.422 e. The van der Waals surface area contributed by atoms with Gasteiger partial charge in [-0.2, -0.15) is 13.2 Å². The maximum absolute atomic E-state index is 12.0. The lowest BCUT2D eigenvalue weighted by molar-refractivity contribution is -0.154. The highest BCUT2D eigenvalue weighted by molar-refractivity contribution is 5.42. The molecule has 0 saturated heterocycles. The first kappa shape index (κ1) is 14.2. The number of hydrogen-bond donors (Lipinski definition) is 1. The first-order valence-electron chi connectivity index (χ1n) is 5.93. The Morgan fingerprint density at radius 3 is 2.65 bits per heavy atom. The molecule has 2 rings (SSSR count). The van der Waals surface area contributed by atoms with Gasteiger partial charge in [-0.25, -0.2) is 4.98 Å². The minimum atomic E-state index is -4.36. The van der Waals surface area contributed by atoms with E-state index in [9.17, 15) is 13.2 Å². The van der Waals surface area contributed by atoms with Crippen LogP contribution in [0.15, 0.2) is 36.8 Å². The molecule has 0 amide bonds. The molecule has 0 bridgehead atoms. The fraction of sp³-hybridized carbons (Fsp3) is 0.308. The third-order valence-corrected chi connectivity index (χ3v) is 2.51. The van der Waals surface area contributed by atoms with Crippen molar-refractivity contribution in [3.63, 3.8) is 0 Å². The number of pyridine rings is 1. The number of aromatic nitrogens is 2. The van der Waals surface area contributed by atoms with Gasteiger partial charge >= 0.3 is 6.18 Å². The molecule has 0 aliphatic rings. The molecule has 0 saturated carbocycles. The van der Waals surface area contributed by atoms with Crippen molar-refractivity contribution in [2.45, 2.75) is 12.7 Å². The van der Waals surface area contributed by atoms with Gasteiger partial charge in [-0.3, -0.25) is 0 Å². The lowest BCUT2D eigenvalue weighted by Crippen LogP contribution is -2.19. The van der Waals surface area contributed by atoms with Crippen molar-refractivity contribution in [3.8, 4) is 5.88 Å². The highest BCUT2D eigenvalue weighted by atomic mass is 19.4. The van der Waals surface area contributed by atoms with E-state index in [0.29, 0.717) is 12.2 Å². The van der Waals surface area contributed by atoms with Gasteiger partial charge in [-0.1, -0.05) is 0 Å². The third-order valence-electron chi connectivity index (χ3n) is 2.51. The summed E-state index contributed by atoms with van der Waals surface area (Å²) in [6.45, 7) is -0.720. The molecule has 0 aliphatic carbocycles. The first-order chi connectivity index (χ1) is 9.42. The largest absolute Gasteiger partial charge is 0.468 e. The molecule has 0 aliphatic heterocycles. The second-order valence-corrected chi connectivity index (χ2v) is 4.33. The maximum Gasteiger partial charge on any atom is 0.422 e. The number of alkyl halides is 3. The van der Waals surface area contributed by atoms with Crippen LogP contribution in [0.3, 0.4) is 0 Å². The summed E-state index contributed by atoms with van der Waals surface area (Å²) in [7, 11) is 1.93. The van der Waals surface area contributed by atoms with Crippen LogP contribution in [0.2, 0.25) is 0 Å². The van der Waals surface area contributed by atoms with E-state index in [4.69, 9.17) is 0 Å². The van der Waals surface area contributed by atoms with Crippen LogP contribution < -0.4 is 10.1 Å². The van der Waals surface area contributed by atoms with E-state index in [1.807, 2.05) is 30.1 Å². The van der Waals surface area contributed by atoms with Gasteiger partial charge in [0.25, 0.3) is 0 Å². The molecule has 108 valence electrons. The summed E-state index contributed by atoms with van der Waals surface area (Å²) in [6.07, 6.45) is 0.991. The summed E-state index contributed by atoms with van der Waals surface area (Å²) >= 11 is 0. The average Bonchev–Trinajstić information content (AvgIpc) is 2.80. The van der Waals surface area contributed by atoms with E-state index in [-0.39, 0.29) is 5.88 Å². The summed E-state index contributed by atoms with van der Waals surface area (Å²) in [4.78, 5) is 3.81. The molecule has 7 heteroatoms. The molecule has 4 nitrogen and oxygen atoms in total. The maximum atomic E-state index is 12.0. The van der Waals surface area contributed by atoms with Gasteiger partial charge in [0.15, 0.2) is 6.61 Å². The Morgan fingerprint density at radius 2 is 2.10 bits per heavy atom. The number of rotatable bonds is 5. The molecule has 0 aromatic carbocycles. The van der Waals surface area contributed by atoms with Gasteiger partial charge in [-0.05, 0) is 17.7 Å². The fourth-order valence-corrected chi connectivity index (χ4v) is 1.60. The standard InChI is InChI=1S/C13H14F3N3O/c1-19-5-4-10(8-19)6-17-11-2-3-12(18-7-11)20-9-13(14,15)16/h2-5,7-8,17H,6,9H2,1H3. The Morgan fingerprint density at radius 1 is 1.30 bits per heavy atom. The Bertz CT molecular complexity index is 549. The third kappa shape index (κ3) is 4.49. The molecule has 0 unspecified atom stereocenters. The van der Waals surface area contributed by atoms with Crippen molar-refractivity contribution in [2.75, 3.05) is 11.9 Å². The normalized spacial score (nSPS) is 11.4. The van der Waals surface area contributed by atoms with E-state index in [1.54, 1.807) is 6.07 Å².